The molecule has 3 N–H and O–H groups in total. The first-order chi connectivity index (χ1) is 17.5. The van der Waals surface area contributed by atoms with E-state index in [9.17, 15) is 5.11 Å². The summed E-state index contributed by atoms with van der Waals surface area (Å²) in [6, 6.07) is 19.5. The smallest absolute Gasteiger partial charge is 0.0918 e. The first-order valence-corrected chi connectivity index (χ1v) is 13.1. The minimum Gasteiger partial charge on any atom is -0.396 e. The molecule has 3 aromatic rings. The summed E-state index contributed by atoms with van der Waals surface area (Å²) >= 11 is 12.4. The Bertz CT molecular complexity index is 1040. The zero-order chi connectivity index (χ0) is 25.6. The molecule has 0 amide bonds. The lowest BCUT2D eigenvalue weighted by atomic mass is 10.1. The van der Waals surface area contributed by atoms with Crippen molar-refractivity contribution < 1.29 is 9.84 Å². The lowest BCUT2D eigenvalue weighted by Crippen LogP contribution is -2.29. The average molecular weight is 529 g/mol. The number of pyridine rings is 1. The Morgan fingerprint density at radius 3 is 2.42 bits per heavy atom. The molecule has 36 heavy (non-hydrogen) atoms. The Kier molecular flexibility index (Phi) is 12.2. The summed E-state index contributed by atoms with van der Waals surface area (Å²) in [4.78, 5) is 6.53. The Hall–Kier alpha value is -2.41. The van der Waals surface area contributed by atoms with Gasteiger partial charge in [0.15, 0.2) is 0 Å². The van der Waals surface area contributed by atoms with Crippen molar-refractivity contribution in [2.24, 2.45) is 0 Å². The summed E-state index contributed by atoms with van der Waals surface area (Å²) in [5.74, 6) is 0. The quantitative estimate of drug-likeness (QED) is 0.168. The molecular formula is C29H35Cl2N3O2. The number of rotatable bonds is 15. The maximum atomic E-state index is 10.9. The van der Waals surface area contributed by atoms with Crippen LogP contribution in [-0.2, 0) is 11.3 Å². The number of aliphatic hydroxyl groups excluding tert-OH is 1. The highest BCUT2D eigenvalue weighted by atomic mass is 35.5. The molecule has 0 radical (unpaired) electrons. The van der Waals surface area contributed by atoms with Gasteiger partial charge in [0, 0.05) is 25.9 Å². The van der Waals surface area contributed by atoms with Gasteiger partial charge in [0.1, 0.15) is 0 Å². The van der Waals surface area contributed by atoms with E-state index in [1.165, 1.54) is 5.56 Å². The van der Waals surface area contributed by atoms with Crippen molar-refractivity contribution in [2.45, 2.75) is 38.3 Å². The molecular weight excluding hydrogens is 493 g/mol. The van der Waals surface area contributed by atoms with Gasteiger partial charge in [0.2, 0.25) is 0 Å². The standard InChI is InChI=1S/C29H35Cl2N3O2/c30-26-19-24(20-27(31)29(26)32)28(35)22-34(21-23-11-4-3-5-12-23)16-8-1-2-9-17-36-18-10-14-25-13-6-7-15-33-25/h3-7,10-15,19-20,28,35H,1-2,8-9,16-18,21-22,32H2. The number of aliphatic hydroxyl groups is 1. The Morgan fingerprint density at radius 2 is 1.69 bits per heavy atom. The summed E-state index contributed by atoms with van der Waals surface area (Å²) in [7, 11) is 0. The number of unbranched alkanes of at least 4 members (excludes halogenated alkanes) is 3. The van der Waals surface area contributed by atoms with Gasteiger partial charge in [0.25, 0.3) is 0 Å². The number of nitrogens with zero attached hydrogens (tertiary/aromatic N) is 2. The second kappa shape index (κ2) is 15.6. The third-order valence-corrected chi connectivity index (χ3v) is 6.50. The molecule has 1 aromatic heterocycles. The van der Waals surface area contributed by atoms with Gasteiger partial charge in [0.05, 0.1) is 34.1 Å². The molecule has 2 aromatic carbocycles. The van der Waals surface area contributed by atoms with Gasteiger partial charge in [-0.15, -0.1) is 0 Å². The molecule has 0 fully saturated rings. The third kappa shape index (κ3) is 9.92. The zero-order valence-electron chi connectivity index (χ0n) is 20.5. The second-order valence-corrected chi connectivity index (χ2v) is 9.60. The number of nitrogen functional groups attached to an aromatic ring is 1. The highest BCUT2D eigenvalue weighted by molar-refractivity contribution is 6.38. The zero-order valence-corrected chi connectivity index (χ0v) is 22.0. The van der Waals surface area contributed by atoms with Crippen LogP contribution in [0.4, 0.5) is 5.69 Å². The maximum Gasteiger partial charge on any atom is 0.0918 e. The van der Waals surface area contributed by atoms with E-state index >= 15 is 0 Å². The minimum absolute atomic E-state index is 0.337. The fourth-order valence-corrected chi connectivity index (χ4v) is 4.41. The van der Waals surface area contributed by atoms with Crippen LogP contribution in [0, 0.1) is 0 Å². The van der Waals surface area contributed by atoms with Crippen molar-refractivity contribution >= 4 is 35.0 Å². The van der Waals surface area contributed by atoms with Crippen LogP contribution in [0.5, 0.6) is 0 Å². The van der Waals surface area contributed by atoms with E-state index in [1.54, 1.807) is 18.3 Å². The number of anilines is 1. The van der Waals surface area contributed by atoms with Crippen molar-refractivity contribution in [3.8, 4) is 0 Å². The van der Waals surface area contributed by atoms with Crippen molar-refractivity contribution in [1.29, 1.82) is 0 Å². The molecule has 1 atom stereocenters. The van der Waals surface area contributed by atoms with Crippen LogP contribution in [-0.4, -0.2) is 41.3 Å². The second-order valence-electron chi connectivity index (χ2n) is 8.78. The first kappa shape index (κ1) is 28.2. The Balaban J connectivity index is 1.40. The number of nitrogens with two attached hydrogens (primary N) is 1. The molecule has 3 rings (SSSR count). The summed E-state index contributed by atoms with van der Waals surface area (Å²) < 4.78 is 5.70. The number of ether oxygens (including phenoxy) is 1. The average Bonchev–Trinajstić information content (AvgIpc) is 2.89. The maximum absolute atomic E-state index is 10.9. The SMILES string of the molecule is Nc1c(Cl)cc(C(O)CN(CCCCCCOCC=Cc2ccccn2)Cc2ccccc2)cc1Cl. The number of aromatic nitrogens is 1. The van der Waals surface area contributed by atoms with E-state index in [1.807, 2.05) is 48.6 Å². The highest BCUT2D eigenvalue weighted by Crippen LogP contribution is 2.31. The Morgan fingerprint density at radius 1 is 0.972 bits per heavy atom. The predicted octanol–water partition coefficient (Wildman–Crippen LogP) is 6.80. The lowest BCUT2D eigenvalue weighted by Gasteiger charge is -2.26. The number of hydrogen-bond donors (Lipinski definition) is 2. The molecule has 0 spiro atoms. The van der Waals surface area contributed by atoms with Crippen molar-refractivity contribution in [3.63, 3.8) is 0 Å². The van der Waals surface area contributed by atoms with E-state index < -0.39 is 6.10 Å². The van der Waals surface area contributed by atoms with E-state index in [0.29, 0.717) is 34.4 Å². The minimum atomic E-state index is -0.711. The first-order valence-electron chi connectivity index (χ1n) is 12.4. The normalized spacial score (nSPS) is 12.4. The molecule has 1 unspecified atom stereocenters. The lowest BCUT2D eigenvalue weighted by molar-refractivity contribution is 0.107. The van der Waals surface area contributed by atoms with Crippen LogP contribution in [0.25, 0.3) is 6.08 Å². The van der Waals surface area contributed by atoms with Gasteiger partial charge in [-0.25, -0.2) is 0 Å². The van der Waals surface area contributed by atoms with E-state index in [0.717, 1.165) is 51.1 Å². The van der Waals surface area contributed by atoms with Gasteiger partial charge >= 0.3 is 0 Å². The molecule has 7 heteroatoms. The van der Waals surface area contributed by atoms with Crippen LogP contribution >= 0.6 is 23.2 Å². The summed E-state index contributed by atoms with van der Waals surface area (Å²) in [6.45, 7) is 3.48. The molecule has 0 bridgehead atoms. The van der Waals surface area contributed by atoms with Gasteiger partial charge in [-0.3, -0.25) is 9.88 Å². The summed E-state index contributed by atoms with van der Waals surface area (Å²) in [6.07, 6.45) is 9.33. The molecule has 5 nitrogen and oxygen atoms in total. The molecule has 0 saturated carbocycles. The fraction of sp³-hybridized carbons (Fsp3) is 0.345. The fourth-order valence-electron chi connectivity index (χ4n) is 3.91. The Labute approximate surface area is 224 Å². The molecule has 0 saturated heterocycles. The van der Waals surface area contributed by atoms with Crippen molar-refractivity contribution in [1.82, 2.24) is 9.88 Å². The van der Waals surface area contributed by atoms with Crippen LogP contribution in [0.15, 0.2) is 72.9 Å². The third-order valence-electron chi connectivity index (χ3n) is 5.87. The molecule has 0 aliphatic rings. The highest BCUT2D eigenvalue weighted by Gasteiger charge is 2.16. The van der Waals surface area contributed by atoms with Gasteiger partial charge in [-0.2, -0.15) is 0 Å². The summed E-state index contributed by atoms with van der Waals surface area (Å²) in [5.41, 5.74) is 9.01. The number of hydrogen-bond acceptors (Lipinski definition) is 5. The van der Waals surface area contributed by atoms with Gasteiger partial charge < -0.3 is 15.6 Å². The molecule has 0 aliphatic heterocycles. The van der Waals surface area contributed by atoms with Crippen molar-refractivity contribution in [3.05, 3.63) is 99.8 Å². The number of benzene rings is 2. The van der Waals surface area contributed by atoms with Crippen molar-refractivity contribution in [2.75, 3.05) is 32.0 Å². The van der Waals surface area contributed by atoms with Gasteiger partial charge in [-0.05, 0) is 60.9 Å². The molecule has 1 heterocycles. The summed E-state index contributed by atoms with van der Waals surface area (Å²) in [5, 5.41) is 11.6. The van der Waals surface area contributed by atoms with E-state index in [-0.39, 0.29) is 0 Å². The van der Waals surface area contributed by atoms with Gasteiger partial charge in [-0.1, -0.05) is 78.5 Å². The van der Waals surface area contributed by atoms with Crippen LogP contribution in [0.3, 0.4) is 0 Å². The van der Waals surface area contributed by atoms with Crippen LogP contribution in [0.2, 0.25) is 10.0 Å². The van der Waals surface area contributed by atoms with E-state index in [2.05, 4.69) is 22.0 Å². The van der Waals surface area contributed by atoms with E-state index in [4.69, 9.17) is 33.7 Å². The van der Waals surface area contributed by atoms with Crippen LogP contribution < -0.4 is 5.73 Å². The molecule has 192 valence electrons. The number of halogens is 2. The van der Waals surface area contributed by atoms with Crippen LogP contribution in [0.1, 0.15) is 48.6 Å². The monoisotopic (exact) mass is 527 g/mol. The predicted molar refractivity (Wildman–Crippen MR) is 150 cm³/mol. The molecule has 0 aliphatic carbocycles. The topological polar surface area (TPSA) is 71.6 Å². The largest absolute Gasteiger partial charge is 0.396 e.